The molecular weight excluding hydrogens is 240 g/mol. The summed E-state index contributed by atoms with van der Waals surface area (Å²) in [4.78, 5) is 6.84. The van der Waals surface area contributed by atoms with Crippen LogP contribution in [0.2, 0.25) is 0 Å². The van der Waals surface area contributed by atoms with E-state index in [0.717, 1.165) is 38.3 Å². The number of hydrogen-bond acceptors (Lipinski definition) is 5. The van der Waals surface area contributed by atoms with E-state index in [4.69, 9.17) is 10.3 Å². The highest BCUT2D eigenvalue weighted by molar-refractivity contribution is 4.95. The summed E-state index contributed by atoms with van der Waals surface area (Å²) in [7, 11) is 0. The van der Waals surface area contributed by atoms with Gasteiger partial charge in [0.1, 0.15) is 0 Å². The first-order valence-electron chi connectivity index (χ1n) is 7.35. The molecule has 1 aromatic heterocycles. The summed E-state index contributed by atoms with van der Waals surface area (Å²) in [6.45, 7) is 12.3. The van der Waals surface area contributed by atoms with E-state index in [1.54, 1.807) is 0 Å². The number of nitrogens with zero attached hydrogens (tertiary/aromatic N) is 3. The highest BCUT2D eigenvalue weighted by Crippen LogP contribution is 2.21. The maximum absolute atomic E-state index is 5.79. The van der Waals surface area contributed by atoms with Gasteiger partial charge in [0.15, 0.2) is 5.82 Å². The molecule has 0 aromatic carbocycles. The number of nitrogens with two attached hydrogens (primary N) is 1. The minimum atomic E-state index is 0.190. The maximum atomic E-state index is 5.79. The van der Waals surface area contributed by atoms with Gasteiger partial charge in [0.2, 0.25) is 5.89 Å². The number of likely N-dealkylation sites (N-methyl/N-ethyl adjacent to an activating group) is 1. The molecule has 0 aliphatic carbocycles. The molecule has 0 aliphatic heterocycles. The SMILES string of the molecule is CCN(CC)CCc1noc(C(CN)CC(C)C)n1. The number of rotatable bonds is 9. The van der Waals surface area contributed by atoms with E-state index in [9.17, 15) is 0 Å². The Labute approximate surface area is 116 Å². The largest absolute Gasteiger partial charge is 0.339 e. The first-order chi connectivity index (χ1) is 9.10. The van der Waals surface area contributed by atoms with Crippen molar-refractivity contribution in [3.05, 3.63) is 11.7 Å². The first kappa shape index (κ1) is 16.1. The molecule has 0 aliphatic rings. The van der Waals surface area contributed by atoms with Crippen molar-refractivity contribution in [1.82, 2.24) is 15.0 Å². The van der Waals surface area contributed by atoms with Crippen molar-refractivity contribution in [3.63, 3.8) is 0 Å². The van der Waals surface area contributed by atoms with Gasteiger partial charge in [-0.05, 0) is 25.4 Å². The molecule has 1 aromatic rings. The smallest absolute Gasteiger partial charge is 0.231 e. The Kier molecular flexibility index (Phi) is 7.02. The number of aromatic nitrogens is 2. The van der Waals surface area contributed by atoms with E-state index in [1.165, 1.54) is 0 Å². The van der Waals surface area contributed by atoms with Crippen LogP contribution in [0, 0.1) is 5.92 Å². The third kappa shape index (κ3) is 5.28. The van der Waals surface area contributed by atoms with Gasteiger partial charge in [-0.2, -0.15) is 4.98 Å². The topological polar surface area (TPSA) is 68.2 Å². The molecule has 0 amide bonds. The van der Waals surface area contributed by atoms with Gasteiger partial charge in [-0.1, -0.05) is 32.9 Å². The lowest BCUT2D eigenvalue weighted by Gasteiger charge is -2.16. The third-order valence-electron chi connectivity index (χ3n) is 3.42. The molecule has 5 nitrogen and oxygen atoms in total. The van der Waals surface area contributed by atoms with Gasteiger partial charge in [-0.15, -0.1) is 0 Å². The van der Waals surface area contributed by atoms with Crippen LogP contribution in [0.15, 0.2) is 4.52 Å². The van der Waals surface area contributed by atoms with Crippen LogP contribution in [0.4, 0.5) is 0 Å². The molecule has 0 bridgehead atoms. The van der Waals surface area contributed by atoms with E-state index in [0.29, 0.717) is 18.4 Å². The predicted octanol–water partition coefficient (Wildman–Crippen LogP) is 2.04. The Balaban J connectivity index is 2.55. The van der Waals surface area contributed by atoms with Gasteiger partial charge in [-0.25, -0.2) is 0 Å². The average Bonchev–Trinajstić information content (AvgIpc) is 2.85. The van der Waals surface area contributed by atoms with Crippen molar-refractivity contribution in [1.29, 1.82) is 0 Å². The quantitative estimate of drug-likeness (QED) is 0.742. The van der Waals surface area contributed by atoms with E-state index in [1.807, 2.05) is 0 Å². The zero-order valence-corrected chi connectivity index (χ0v) is 12.7. The van der Waals surface area contributed by atoms with Crippen molar-refractivity contribution in [3.8, 4) is 0 Å². The predicted molar refractivity (Wildman–Crippen MR) is 77.0 cm³/mol. The van der Waals surface area contributed by atoms with Crippen LogP contribution in [0.1, 0.15) is 51.7 Å². The third-order valence-corrected chi connectivity index (χ3v) is 3.42. The Morgan fingerprint density at radius 1 is 1.26 bits per heavy atom. The van der Waals surface area contributed by atoms with Gasteiger partial charge in [-0.3, -0.25) is 0 Å². The molecule has 1 unspecified atom stereocenters. The monoisotopic (exact) mass is 268 g/mol. The van der Waals surface area contributed by atoms with Crippen molar-refractivity contribution in [2.24, 2.45) is 11.7 Å². The zero-order valence-electron chi connectivity index (χ0n) is 12.7. The van der Waals surface area contributed by atoms with Crippen LogP contribution in [0.3, 0.4) is 0 Å². The van der Waals surface area contributed by atoms with Crippen molar-refractivity contribution in [2.45, 2.75) is 46.5 Å². The Bertz CT molecular complexity index is 347. The molecule has 110 valence electrons. The van der Waals surface area contributed by atoms with Crippen LogP contribution in [0.25, 0.3) is 0 Å². The molecule has 0 saturated carbocycles. The molecule has 0 saturated heterocycles. The van der Waals surface area contributed by atoms with Crippen LogP contribution in [0.5, 0.6) is 0 Å². The molecule has 1 atom stereocenters. The summed E-state index contributed by atoms with van der Waals surface area (Å²) >= 11 is 0. The summed E-state index contributed by atoms with van der Waals surface area (Å²) < 4.78 is 5.36. The minimum Gasteiger partial charge on any atom is -0.339 e. The van der Waals surface area contributed by atoms with Gasteiger partial charge in [0.25, 0.3) is 0 Å². The lowest BCUT2D eigenvalue weighted by Crippen LogP contribution is -2.25. The van der Waals surface area contributed by atoms with Crippen LogP contribution >= 0.6 is 0 Å². The van der Waals surface area contributed by atoms with Crippen molar-refractivity contribution >= 4 is 0 Å². The Morgan fingerprint density at radius 3 is 2.47 bits per heavy atom. The summed E-state index contributed by atoms with van der Waals surface area (Å²) in [5.74, 6) is 2.27. The van der Waals surface area contributed by atoms with E-state index >= 15 is 0 Å². The summed E-state index contributed by atoms with van der Waals surface area (Å²) in [6.07, 6.45) is 1.83. The molecule has 1 heterocycles. The van der Waals surface area contributed by atoms with Gasteiger partial charge in [0, 0.05) is 19.5 Å². The van der Waals surface area contributed by atoms with E-state index in [-0.39, 0.29) is 5.92 Å². The molecule has 0 fully saturated rings. The molecule has 0 radical (unpaired) electrons. The number of hydrogen-bond donors (Lipinski definition) is 1. The highest BCUT2D eigenvalue weighted by atomic mass is 16.5. The average molecular weight is 268 g/mol. The van der Waals surface area contributed by atoms with Crippen LogP contribution in [-0.2, 0) is 6.42 Å². The van der Waals surface area contributed by atoms with Gasteiger partial charge >= 0.3 is 0 Å². The summed E-state index contributed by atoms with van der Waals surface area (Å²) in [6, 6.07) is 0. The second kappa shape index (κ2) is 8.27. The lowest BCUT2D eigenvalue weighted by molar-refractivity contribution is 0.301. The van der Waals surface area contributed by atoms with Gasteiger partial charge < -0.3 is 15.2 Å². The lowest BCUT2D eigenvalue weighted by atomic mass is 9.97. The second-order valence-electron chi connectivity index (χ2n) is 5.39. The van der Waals surface area contributed by atoms with Crippen LogP contribution < -0.4 is 5.73 Å². The van der Waals surface area contributed by atoms with Crippen molar-refractivity contribution in [2.75, 3.05) is 26.2 Å². The highest BCUT2D eigenvalue weighted by Gasteiger charge is 2.19. The summed E-state index contributed by atoms with van der Waals surface area (Å²) in [5, 5.41) is 4.06. The Morgan fingerprint density at radius 2 is 1.95 bits per heavy atom. The fraction of sp³-hybridized carbons (Fsp3) is 0.857. The standard InChI is InChI=1S/C14H28N4O/c1-5-18(6-2)8-7-13-16-14(19-17-13)12(10-15)9-11(3)4/h11-12H,5-10,15H2,1-4H3. The van der Waals surface area contributed by atoms with E-state index < -0.39 is 0 Å². The summed E-state index contributed by atoms with van der Waals surface area (Å²) in [5.41, 5.74) is 5.79. The minimum absolute atomic E-state index is 0.190. The first-order valence-corrected chi connectivity index (χ1v) is 7.35. The molecule has 2 N–H and O–H groups in total. The normalized spacial score (nSPS) is 13.4. The zero-order chi connectivity index (χ0) is 14.3. The molecular formula is C14H28N4O. The molecule has 1 rings (SSSR count). The fourth-order valence-corrected chi connectivity index (χ4v) is 2.20. The van der Waals surface area contributed by atoms with Crippen LogP contribution in [-0.4, -0.2) is 41.2 Å². The van der Waals surface area contributed by atoms with Crippen molar-refractivity contribution < 1.29 is 4.52 Å². The maximum Gasteiger partial charge on any atom is 0.231 e. The molecule has 0 spiro atoms. The molecule has 19 heavy (non-hydrogen) atoms. The van der Waals surface area contributed by atoms with E-state index in [2.05, 4.69) is 42.7 Å². The van der Waals surface area contributed by atoms with Gasteiger partial charge in [0.05, 0.1) is 5.92 Å². The molecule has 5 heteroatoms. The fourth-order valence-electron chi connectivity index (χ4n) is 2.20. The second-order valence-corrected chi connectivity index (χ2v) is 5.39. The Hall–Kier alpha value is -0.940.